The second-order valence-corrected chi connectivity index (χ2v) is 5.95. The lowest BCUT2D eigenvalue weighted by Gasteiger charge is -2.08. The molecule has 2 aromatic carbocycles. The molecule has 1 heterocycles. The van der Waals surface area contributed by atoms with Gasteiger partial charge in [-0.25, -0.2) is 4.98 Å². The van der Waals surface area contributed by atoms with Crippen molar-refractivity contribution in [3.05, 3.63) is 48.0 Å². The number of benzene rings is 2. The second kappa shape index (κ2) is 5.57. The van der Waals surface area contributed by atoms with E-state index in [1.807, 2.05) is 36.4 Å². The van der Waals surface area contributed by atoms with Crippen LogP contribution >= 0.6 is 0 Å². The topological polar surface area (TPSA) is 81.0 Å². The minimum Gasteiger partial charge on any atom is -0.495 e. The zero-order valence-corrected chi connectivity index (χ0v) is 12.3. The summed E-state index contributed by atoms with van der Waals surface area (Å²) in [5.74, 6) is 0.886. The summed E-state index contributed by atoms with van der Waals surface area (Å²) in [6.45, 7) is 0. The summed E-state index contributed by atoms with van der Waals surface area (Å²) in [5.41, 5.74) is 8.99. The molecule has 0 aliphatic heterocycles. The summed E-state index contributed by atoms with van der Waals surface area (Å²) in [5, 5.41) is 0.457. The monoisotopic (exact) mass is 301 g/mol. The Morgan fingerprint density at radius 3 is 2.81 bits per heavy atom. The minimum atomic E-state index is -1.29. The molecule has 1 aromatic heterocycles. The summed E-state index contributed by atoms with van der Waals surface area (Å²) in [7, 11) is 0.271. The van der Waals surface area contributed by atoms with Crippen LogP contribution in [0.15, 0.2) is 47.6 Å². The molecule has 5 nitrogen and oxygen atoms in total. The van der Waals surface area contributed by atoms with Crippen molar-refractivity contribution >= 4 is 27.5 Å². The van der Waals surface area contributed by atoms with E-state index >= 15 is 0 Å². The number of rotatable bonds is 4. The number of H-pyrrole nitrogens is 1. The van der Waals surface area contributed by atoms with E-state index in [1.165, 1.54) is 0 Å². The molecule has 0 bridgehead atoms. The highest BCUT2D eigenvalue weighted by molar-refractivity contribution is 7.84. The molecule has 1 unspecified atom stereocenters. The molecule has 3 N–H and O–H groups in total. The van der Waals surface area contributed by atoms with E-state index in [0.717, 1.165) is 16.6 Å². The first kappa shape index (κ1) is 13.6. The van der Waals surface area contributed by atoms with Crippen molar-refractivity contribution in [2.75, 3.05) is 12.8 Å². The van der Waals surface area contributed by atoms with Crippen LogP contribution in [-0.4, -0.2) is 21.3 Å². The average molecular weight is 301 g/mol. The summed E-state index contributed by atoms with van der Waals surface area (Å²) < 4.78 is 17.6. The highest BCUT2D eigenvalue weighted by Gasteiger charge is 2.13. The molecule has 0 aliphatic carbocycles. The number of nitrogens with two attached hydrogens (primary N) is 1. The number of aromatic nitrogens is 2. The molecule has 0 radical (unpaired) electrons. The van der Waals surface area contributed by atoms with Crippen LogP contribution in [0.2, 0.25) is 0 Å². The number of fused-ring (bicyclic) bond motifs is 1. The van der Waals surface area contributed by atoms with Crippen molar-refractivity contribution in [2.45, 2.75) is 10.9 Å². The minimum absolute atomic E-state index is 0.294. The van der Waals surface area contributed by atoms with E-state index in [1.54, 1.807) is 13.2 Å². The van der Waals surface area contributed by atoms with Gasteiger partial charge in [0, 0.05) is 0 Å². The van der Waals surface area contributed by atoms with Gasteiger partial charge in [-0.1, -0.05) is 24.3 Å². The third-order valence-electron chi connectivity index (χ3n) is 3.25. The van der Waals surface area contributed by atoms with Crippen LogP contribution in [0.5, 0.6) is 5.75 Å². The Morgan fingerprint density at radius 2 is 2.05 bits per heavy atom. The molecule has 0 spiro atoms. The maximum atomic E-state index is 12.5. The molecule has 3 aromatic rings. The van der Waals surface area contributed by atoms with Gasteiger partial charge in [-0.05, 0) is 23.8 Å². The van der Waals surface area contributed by atoms with E-state index in [0.29, 0.717) is 22.3 Å². The maximum Gasteiger partial charge on any atom is 0.197 e. The van der Waals surface area contributed by atoms with Crippen molar-refractivity contribution in [3.8, 4) is 5.75 Å². The standard InChI is InChI=1S/C15H15N3O2S/c1-20-13-8-4-5-10(14(13)16)9-21(19)15-17-11-6-2-3-7-12(11)18-15/h2-8H,9,16H2,1H3,(H,17,18). The van der Waals surface area contributed by atoms with Gasteiger partial charge >= 0.3 is 0 Å². The fourth-order valence-electron chi connectivity index (χ4n) is 2.14. The highest BCUT2D eigenvalue weighted by atomic mass is 32.2. The quantitative estimate of drug-likeness (QED) is 0.725. The van der Waals surface area contributed by atoms with E-state index in [4.69, 9.17) is 10.5 Å². The van der Waals surface area contributed by atoms with Crippen molar-refractivity contribution in [2.24, 2.45) is 0 Å². The maximum absolute atomic E-state index is 12.5. The number of nitrogens with zero attached hydrogens (tertiary/aromatic N) is 1. The molecule has 0 amide bonds. The number of nitrogens with one attached hydrogen (secondary N) is 1. The van der Waals surface area contributed by atoms with Crippen LogP contribution in [0.3, 0.4) is 0 Å². The lowest BCUT2D eigenvalue weighted by molar-refractivity contribution is 0.416. The fraction of sp³-hybridized carbons (Fsp3) is 0.133. The summed E-state index contributed by atoms with van der Waals surface area (Å²) in [6, 6.07) is 13.1. The van der Waals surface area contributed by atoms with Gasteiger partial charge in [0.1, 0.15) is 5.75 Å². The third-order valence-corrected chi connectivity index (χ3v) is 4.44. The Kier molecular flexibility index (Phi) is 3.62. The Morgan fingerprint density at radius 1 is 1.24 bits per heavy atom. The molecule has 0 saturated carbocycles. The molecular weight excluding hydrogens is 286 g/mol. The molecule has 0 aliphatic rings. The molecule has 0 fully saturated rings. The van der Waals surface area contributed by atoms with Crippen LogP contribution in [0.25, 0.3) is 11.0 Å². The van der Waals surface area contributed by atoms with Gasteiger partial charge in [-0.3, -0.25) is 4.21 Å². The Bertz CT molecular complexity index is 781. The number of methoxy groups -OCH3 is 1. The predicted molar refractivity (Wildman–Crippen MR) is 83.6 cm³/mol. The third kappa shape index (κ3) is 2.62. The van der Waals surface area contributed by atoms with Crippen LogP contribution in [0.4, 0.5) is 5.69 Å². The van der Waals surface area contributed by atoms with Crippen LogP contribution < -0.4 is 10.5 Å². The van der Waals surface area contributed by atoms with Gasteiger partial charge in [0.15, 0.2) is 5.16 Å². The molecule has 3 rings (SSSR count). The highest BCUT2D eigenvalue weighted by Crippen LogP contribution is 2.26. The molecule has 0 saturated heterocycles. The Balaban J connectivity index is 1.89. The first-order valence-electron chi connectivity index (χ1n) is 6.43. The number of hydrogen-bond donors (Lipinski definition) is 2. The lowest BCUT2D eigenvalue weighted by Crippen LogP contribution is -2.03. The van der Waals surface area contributed by atoms with Crippen LogP contribution in [0.1, 0.15) is 5.56 Å². The number of imidazole rings is 1. The number of nitrogen functional groups attached to an aromatic ring is 1. The van der Waals surface area contributed by atoms with E-state index < -0.39 is 10.8 Å². The van der Waals surface area contributed by atoms with E-state index in [9.17, 15) is 4.21 Å². The predicted octanol–water partition coefficient (Wildman–Crippen LogP) is 2.46. The summed E-state index contributed by atoms with van der Waals surface area (Å²) in [6.07, 6.45) is 0. The average Bonchev–Trinajstić information content (AvgIpc) is 2.93. The summed E-state index contributed by atoms with van der Waals surface area (Å²) in [4.78, 5) is 7.43. The van der Waals surface area contributed by atoms with E-state index in [-0.39, 0.29) is 0 Å². The Hall–Kier alpha value is -2.34. The van der Waals surface area contributed by atoms with Crippen molar-refractivity contribution in [1.82, 2.24) is 9.97 Å². The molecule has 6 heteroatoms. The van der Waals surface area contributed by atoms with Crippen molar-refractivity contribution < 1.29 is 8.95 Å². The first-order valence-corrected chi connectivity index (χ1v) is 7.75. The van der Waals surface area contributed by atoms with Gasteiger partial charge in [0.05, 0.1) is 40.4 Å². The number of aromatic amines is 1. The second-order valence-electron chi connectivity index (χ2n) is 4.58. The number of ether oxygens (including phenoxy) is 1. The molecule has 21 heavy (non-hydrogen) atoms. The fourth-order valence-corrected chi connectivity index (χ4v) is 3.24. The largest absolute Gasteiger partial charge is 0.495 e. The number of para-hydroxylation sites is 3. The lowest BCUT2D eigenvalue weighted by atomic mass is 10.2. The molecule has 108 valence electrons. The zero-order valence-electron chi connectivity index (χ0n) is 11.5. The van der Waals surface area contributed by atoms with Crippen LogP contribution in [-0.2, 0) is 16.6 Å². The normalized spacial score (nSPS) is 12.4. The number of hydrogen-bond acceptors (Lipinski definition) is 4. The smallest absolute Gasteiger partial charge is 0.197 e. The SMILES string of the molecule is COc1cccc(CS(=O)c2nc3ccccc3[nH]2)c1N. The van der Waals surface area contributed by atoms with Crippen molar-refractivity contribution in [1.29, 1.82) is 0 Å². The summed E-state index contributed by atoms with van der Waals surface area (Å²) >= 11 is 0. The van der Waals surface area contributed by atoms with Gasteiger partial charge in [0.25, 0.3) is 0 Å². The van der Waals surface area contributed by atoms with E-state index in [2.05, 4.69) is 9.97 Å². The van der Waals surface area contributed by atoms with Crippen LogP contribution in [0, 0.1) is 0 Å². The van der Waals surface area contributed by atoms with Crippen molar-refractivity contribution in [3.63, 3.8) is 0 Å². The van der Waals surface area contributed by atoms with Gasteiger partial charge in [0.2, 0.25) is 0 Å². The molecule has 1 atom stereocenters. The zero-order chi connectivity index (χ0) is 14.8. The number of anilines is 1. The first-order chi connectivity index (χ1) is 10.2. The molecular formula is C15H15N3O2S. The van der Waals surface area contributed by atoms with Gasteiger partial charge in [-0.15, -0.1) is 0 Å². The Labute approximate surface area is 124 Å². The van der Waals surface area contributed by atoms with Gasteiger partial charge < -0.3 is 15.5 Å². The van der Waals surface area contributed by atoms with Gasteiger partial charge in [-0.2, -0.15) is 0 Å².